The minimum atomic E-state index is -0.399. The van der Waals surface area contributed by atoms with Gasteiger partial charge in [0.25, 0.3) is 5.56 Å². The van der Waals surface area contributed by atoms with Gasteiger partial charge in [-0.1, -0.05) is 38.1 Å². The molecule has 0 saturated heterocycles. The molecule has 3 aromatic rings. The predicted octanol–water partition coefficient (Wildman–Crippen LogP) is 2.53. The van der Waals surface area contributed by atoms with Crippen molar-refractivity contribution in [1.29, 1.82) is 0 Å². The van der Waals surface area contributed by atoms with Crippen LogP contribution in [0.5, 0.6) is 0 Å². The highest BCUT2D eigenvalue weighted by molar-refractivity contribution is 5.77. The first-order chi connectivity index (χ1) is 15.3. The molecule has 0 radical (unpaired) electrons. The van der Waals surface area contributed by atoms with Crippen molar-refractivity contribution in [3.63, 3.8) is 0 Å². The second kappa shape index (κ2) is 8.76. The van der Waals surface area contributed by atoms with Crippen LogP contribution in [0.25, 0.3) is 11.2 Å². The zero-order chi connectivity index (χ0) is 23.0. The van der Waals surface area contributed by atoms with E-state index in [9.17, 15) is 14.4 Å². The second-order valence-electron chi connectivity index (χ2n) is 9.07. The van der Waals surface area contributed by atoms with E-state index in [1.807, 2.05) is 4.90 Å². The Morgan fingerprint density at radius 2 is 1.81 bits per heavy atom. The Labute approximate surface area is 187 Å². The molecule has 170 valence electrons. The first-order valence-electron chi connectivity index (χ1n) is 11.3. The summed E-state index contributed by atoms with van der Waals surface area (Å²) in [6.07, 6.45) is 4.71. The molecule has 0 atom stereocenters. The van der Waals surface area contributed by atoms with Crippen molar-refractivity contribution in [3.05, 3.63) is 62.6 Å². The standard InChI is InChI=1S/C24H31N5O3/c1-16(2)18-9-7-17(8-10-18)14-29(19-11-12-19)20(30)6-5-13-28-15-25-22-21(28)23(31)27(4)24(32)26(22)3/h7-10,15-16,19H,5-6,11-14H2,1-4H3. The third kappa shape index (κ3) is 4.26. The molecule has 1 amide bonds. The molecular weight excluding hydrogens is 406 g/mol. The van der Waals surface area contributed by atoms with Gasteiger partial charge in [0.1, 0.15) is 0 Å². The van der Waals surface area contributed by atoms with Crippen molar-refractivity contribution in [3.8, 4) is 0 Å². The van der Waals surface area contributed by atoms with Crippen LogP contribution in [0.2, 0.25) is 0 Å². The van der Waals surface area contributed by atoms with Crippen LogP contribution in [0.15, 0.2) is 40.2 Å². The maximum absolute atomic E-state index is 13.0. The maximum atomic E-state index is 13.0. The number of aromatic nitrogens is 4. The summed E-state index contributed by atoms with van der Waals surface area (Å²) >= 11 is 0. The topological polar surface area (TPSA) is 82.1 Å². The maximum Gasteiger partial charge on any atom is 0.332 e. The Hall–Kier alpha value is -3.16. The first kappa shape index (κ1) is 22.0. The van der Waals surface area contributed by atoms with Crippen LogP contribution in [0.4, 0.5) is 0 Å². The highest BCUT2D eigenvalue weighted by Gasteiger charge is 2.32. The molecule has 0 bridgehead atoms. The smallest absolute Gasteiger partial charge is 0.332 e. The molecule has 1 saturated carbocycles. The highest BCUT2D eigenvalue weighted by atomic mass is 16.2. The van der Waals surface area contributed by atoms with E-state index in [-0.39, 0.29) is 11.5 Å². The summed E-state index contributed by atoms with van der Waals surface area (Å²) in [5.74, 6) is 0.633. The van der Waals surface area contributed by atoms with Crippen molar-refractivity contribution in [2.75, 3.05) is 0 Å². The molecule has 32 heavy (non-hydrogen) atoms. The largest absolute Gasteiger partial charge is 0.335 e. The highest BCUT2D eigenvalue weighted by Crippen LogP contribution is 2.29. The van der Waals surface area contributed by atoms with Gasteiger partial charge in [-0.05, 0) is 36.3 Å². The van der Waals surface area contributed by atoms with E-state index in [0.29, 0.717) is 49.1 Å². The third-order valence-corrected chi connectivity index (χ3v) is 6.31. The third-order valence-electron chi connectivity index (χ3n) is 6.31. The van der Waals surface area contributed by atoms with Gasteiger partial charge in [-0.3, -0.25) is 18.7 Å². The number of carbonyl (C=O) groups excluding carboxylic acids is 1. The van der Waals surface area contributed by atoms with Crippen LogP contribution in [0.1, 0.15) is 56.6 Å². The van der Waals surface area contributed by atoms with E-state index in [1.165, 1.54) is 17.2 Å². The molecule has 1 fully saturated rings. The Morgan fingerprint density at radius 1 is 1.12 bits per heavy atom. The monoisotopic (exact) mass is 437 g/mol. The normalized spacial score (nSPS) is 13.8. The van der Waals surface area contributed by atoms with Gasteiger partial charge in [0.05, 0.1) is 6.33 Å². The fraction of sp³-hybridized carbons (Fsp3) is 0.500. The molecule has 0 aliphatic heterocycles. The minimum absolute atomic E-state index is 0.144. The number of rotatable bonds is 8. The van der Waals surface area contributed by atoms with Gasteiger partial charge in [-0.2, -0.15) is 0 Å². The van der Waals surface area contributed by atoms with Crippen molar-refractivity contribution >= 4 is 17.1 Å². The number of fused-ring (bicyclic) bond motifs is 1. The fourth-order valence-corrected chi connectivity index (χ4v) is 4.12. The lowest BCUT2D eigenvalue weighted by atomic mass is 10.0. The zero-order valence-corrected chi connectivity index (χ0v) is 19.2. The summed E-state index contributed by atoms with van der Waals surface area (Å²) in [4.78, 5) is 43.9. The van der Waals surface area contributed by atoms with Crippen LogP contribution in [-0.4, -0.2) is 35.5 Å². The number of amides is 1. The molecule has 8 nitrogen and oxygen atoms in total. The van der Waals surface area contributed by atoms with Crippen LogP contribution < -0.4 is 11.2 Å². The van der Waals surface area contributed by atoms with E-state index in [0.717, 1.165) is 23.0 Å². The zero-order valence-electron chi connectivity index (χ0n) is 19.2. The van der Waals surface area contributed by atoms with E-state index in [2.05, 4.69) is 43.1 Å². The van der Waals surface area contributed by atoms with Crippen molar-refractivity contribution in [2.24, 2.45) is 14.1 Å². The average molecular weight is 438 g/mol. The molecule has 1 aliphatic carbocycles. The fourth-order valence-electron chi connectivity index (χ4n) is 4.12. The lowest BCUT2D eigenvalue weighted by molar-refractivity contribution is -0.132. The summed E-state index contributed by atoms with van der Waals surface area (Å²) in [7, 11) is 3.07. The number of aryl methyl sites for hydroxylation is 2. The van der Waals surface area contributed by atoms with Gasteiger partial charge in [0.15, 0.2) is 11.2 Å². The Kier molecular flexibility index (Phi) is 6.04. The van der Waals surface area contributed by atoms with Crippen molar-refractivity contribution in [1.82, 2.24) is 23.6 Å². The number of nitrogens with zero attached hydrogens (tertiary/aromatic N) is 5. The van der Waals surface area contributed by atoms with E-state index in [4.69, 9.17) is 0 Å². The predicted molar refractivity (Wildman–Crippen MR) is 124 cm³/mol. The molecule has 2 heterocycles. The number of hydrogen-bond donors (Lipinski definition) is 0. The van der Waals surface area contributed by atoms with Crippen LogP contribution in [-0.2, 0) is 32.0 Å². The Morgan fingerprint density at radius 3 is 2.44 bits per heavy atom. The average Bonchev–Trinajstić information content (AvgIpc) is 3.53. The summed E-state index contributed by atoms with van der Waals surface area (Å²) in [6, 6.07) is 8.87. The lowest BCUT2D eigenvalue weighted by Gasteiger charge is -2.23. The van der Waals surface area contributed by atoms with Gasteiger partial charge in [0.2, 0.25) is 5.91 Å². The van der Waals surface area contributed by atoms with Gasteiger partial charge in [-0.15, -0.1) is 0 Å². The van der Waals surface area contributed by atoms with Crippen molar-refractivity contribution in [2.45, 2.75) is 64.6 Å². The molecule has 0 N–H and O–H groups in total. The molecule has 0 spiro atoms. The second-order valence-corrected chi connectivity index (χ2v) is 9.07. The van der Waals surface area contributed by atoms with Gasteiger partial charge < -0.3 is 9.47 Å². The number of imidazole rings is 1. The minimum Gasteiger partial charge on any atom is -0.335 e. The quantitative estimate of drug-likeness (QED) is 0.542. The van der Waals surface area contributed by atoms with E-state index >= 15 is 0 Å². The Bertz CT molecular complexity index is 1250. The number of benzene rings is 1. The first-order valence-corrected chi connectivity index (χ1v) is 11.3. The Balaban J connectivity index is 1.42. The van der Waals surface area contributed by atoms with Gasteiger partial charge >= 0.3 is 5.69 Å². The number of hydrogen-bond acceptors (Lipinski definition) is 4. The molecule has 2 aromatic heterocycles. The van der Waals surface area contributed by atoms with Crippen molar-refractivity contribution < 1.29 is 4.79 Å². The van der Waals surface area contributed by atoms with Crippen LogP contribution >= 0.6 is 0 Å². The lowest BCUT2D eigenvalue weighted by Crippen LogP contribution is -2.37. The molecule has 0 unspecified atom stereocenters. The number of carbonyl (C=O) groups is 1. The molecule has 8 heteroatoms. The summed E-state index contributed by atoms with van der Waals surface area (Å²) in [5.41, 5.74) is 2.45. The summed E-state index contributed by atoms with van der Waals surface area (Å²) in [5, 5.41) is 0. The van der Waals surface area contributed by atoms with E-state index in [1.54, 1.807) is 17.9 Å². The van der Waals surface area contributed by atoms with Crippen LogP contribution in [0.3, 0.4) is 0 Å². The van der Waals surface area contributed by atoms with Gasteiger partial charge in [0, 0.05) is 39.6 Å². The molecular formula is C24H31N5O3. The molecule has 1 aliphatic rings. The SMILES string of the molecule is CC(C)c1ccc(CN(C(=O)CCCn2cnc3c2c(=O)n(C)c(=O)n3C)C2CC2)cc1. The van der Waals surface area contributed by atoms with Crippen LogP contribution in [0, 0.1) is 0 Å². The van der Waals surface area contributed by atoms with E-state index < -0.39 is 5.69 Å². The molecule has 1 aromatic carbocycles. The summed E-state index contributed by atoms with van der Waals surface area (Å²) in [6.45, 7) is 5.48. The molecule has 4 rings (SSSR count). The summed E-state index contributed by atoms with van der Waals surface area (Å²) < 4.78 is 4.21. The van der Waals surface area contributed by atoms with Gasteiger partial charge in [-0.25, -0.2) is 9.78 Å².